The Morgan fingerprint density at radius 1 is 0.472 bits per heavy atom. The number of anilines is 3. The Hall–Kier alpha value is -2.06. The van der Waals surface area contributed by atoms with Gasteiger partial charge in [-0.1, -0.05) is 95.3 Å². The molecule has 0 saturated carbocycles. The zero-order chi connectivity index (χ0) is 26.1. The summed E-state index contributed by atoms with van der Waals surface area (Å²) in [4.78, 5) is 2.25. The molecule has 36 heavy (non-hydrogen) atoms. The summed E-state index contributed by atoms with van der Waals surface area (Å²) in [5.74, 6) is 2.67. The predicted octanol–water partition coefficient (Wildman–Crippen LogP) is 8.04. The summed E-state index contributed by atoms with van der Waals surface area (Å²) in [6.45, 7) is 23.3. The summed E-state index contributed by atoms with van der Waals surface area (Å²) in [6.07, 6.45) is -2.34. The maximum Gasteiger partial charge on any atom is 0.648 e. The van der Waals surface area contributed by atoms with Crippen molar-refractivity contribution < 1.29 is 13.3 Å². The fourth-order valence-electron chi connectivity index (χ4n) is 8.05. The van der Waals surface area contributed by atoms with Crippen LogP contribution in [-0.2, 0) is 0 Å². The lowest BCUT2D eigenvalue weighted by Gasteiger charge is -2.60. The Kier molecular flexibility index (Phi) is 5.84. The lowest BCUT2D eigenvalue weighted by molar-refractivity contribution is 0.285. The van der Waals surface area contributed by atoms with Crippen molar-refractivity contribution >= 4 is 54.3 Å². The molecule has 3 aliphatic heterocycles. The molecule has 2 bridgehead atoms. The van der Waals surface area contributed by atoms with Crippen LogP contribution in [0.5, 0.6) is 17.2 Å². The number of nitrogens with zero attached hydrogens (tertiary/aromatic N) is 1. The van der Waals surface area contributed by atoms with Gasteiger partial charge in [0.2, 0.25) is 0 Å². The second-order valence-electron chi connectivity index (χ2n) is 13.1. The molecule has 3 aromatic rings. The Morgan fingerprint density at radius 3 is 1.03 bits per heavy atom. The second kappa shape index (κ2) is 8.22. The molecular formula is C27H39NO3Si5. The van der Waals surface area contributed by atoms with Crippen molar-refractivity contribution in [1.82, 2.24) is 0 Å². The van der Waals surface area contributed by atoms with Crippen molar-refractivity contribution in [2.24, 2.45) is 0 Å². The molecule has 0 aliphatic carbocycles. The van der Waals surface area contributed by atoms with Gasteiger partial charge in [0.1, 0.15) is 17.2 Å². The summed E-state index contributed by atoms with van der Waals surface area (Å²) in [6, 6.07) is 25.5. The summed E-state index contributed by atoms with van der Waals surface area (Å²) in [5.41, 5.74) is 3.18. The predicted molar refractivity (Wildman–Crippen MR) is 165 cm³/mol. The number of hydrogen-bond donors (Lipinski definition) is 0. The van der Waals surface area contributed by atoms with Crippen LogP contribution in [0.15, 0.2) is 72.8 Å². The Bertz CT molecular complexity index is 1150. The molecule has 3 heterocycles. The third-order valence-corrected chi connectivity index (χ3v) is 110. The van der Waals surface area contributed by atoms with Crippen LogP contribution >= 0.6 is 0 Å². The monoisotopic (exact) mass is 565 g/mol. The molecule has 3 aromatic carbocycles. The van der Waals surface area contributed by atoms with Crippen LogP contribution in [0.25, 0.3) is 0 Å². The molecule has 0 atom stereocenters. The number of para-hydroxylation sites is 6. The summed E-state index contributed by atoms with van der Waals surface area (Å²) < 4.78 is 22.4. The van der Waals surface area contributed by atoms with E-state index in [0.717, 1.165) is 34.3 Å². The van der Waals surface area contributed by atoms with E-state index in [-0.39, 0.29) is 0 Å². The van der Waals surface area contributed by atoms with Gasteiger partial charge in [0.15, 0.2) is 6.14 Å². The topological polar surface area (TPSA) is 30.9 Å². The van der Waals surface area contributed by atoms with Crippen LogP contribution in [0.4, 0.5) is 17.1 Å². The Balaban J connectivity index is 2.02. The van der Waals surface area contributed by atoms with Crippen LogP contribution in [0.1, 0.15) is 0 Å². The first-order valence-corrected chi connectivity index (χ1v) is 31.1. The van der Waals surface area contributed by atoms with Crippen molar-refractivity contribution in [3.63, 3.8) is 0 Å². The van der Waals surface area contributed by atoms with E-state index in [4.69, 9.17) is 13.3 Å². The highest BCUT2D eigenvalue weighted by Crippen LogP contribution is 2.55. The van der Waals surface area contributed by atoms with Crippen LogP contribution in [-0.4, -0.2) is 37.2 Å². The van der Waals surface area contributed by atoms with E-state index in [1.807, 2.05) is 0 Å². The lowest BCUT2D eigenvalue weighted by atomic mass is 10.1. The minimum absolute atomic E-state index is 0.889. The summed E-state index contributed by atoms with van der Waals surface area (Å²) in [5, 5.41) is 0. The van der Waals surface area contributed by atoms with Gasteiger partial charge in [-0.3, -0.25) is 0 Å². The lowest BCUT2D eigenvalue weighted by Crippen LogP contribution is -2.98. The maximum absolute atomic E-state index is 7.47. The van der Waals surface area contributed by atoms with E-state index in [0.29, 0.717) is 0 Å². The molecule has 0 saturated heterocycles. The highest BCUT2D eigenvalue weighted by molar-refractivity contribution is 8.05. The molecule has 0 spiro atoms. The first kappa shape index (κ1) is 25.6. The van der Waals surface area contributed by atoms with Gasteiger partial charge in [-0.25, -0.2) is 0 Å². The fraction of sp³-hybridized carbons (Fsp3) is 0.333. The molecule has 0 N–H and O–H groups in total. The smallest absolute Gasteiger partial charge is 0.485 e. The largest absolute Gasteiger partial charge is 0.648 e. The third-order valence-electron chi connectivity index (χ3n) is 7.89. The zero-order valence-corrected chi connectivity index (χ0v) is 28.1. The highest BCUT2D eigenvalue weighted by atomic mass is 30.2. The Morgan fingerprint density at radius 2 is 0.750 bits per heavy atom. The first-order valence-electron chi connectivity index (χ1n) is 12.9. The van der Waals surface area contributed by atoms with Gasteiger partial charge in [0.25, 0.3) is 0 Å². The number of hydrogen-bond acceptors (Lipinski definition) is 4. The molecule has 6 rings (SSSR count). The van der Waals surface area contributed by atoms with Gasteiger partial charge in [-0.05, 0) is 36.4 Å². The van der Waals surface area contributed by atoms with Crippen LogP contribution < -0.4 is 18.2 Å². The molecule has 190 valence electrons. The van der Waals surface area contributed by atoms with E-state index in [2.05, 4.69) is 137 Å². The molecule has 3 aliphatic rings. The quantitative estimate of drug-likeness (QED) is 0.300. The molecule has 0 amide bonds. The van der Waals surface area contributed by atoms with Gasteiger partial charge < -0.3 is 18.2 Å². The molecule has 9 heteroatoms. The van der Waals surface area contributed by atoms with E-state index >= 15 is 0 Å². The van der Waals surface area contributed by atoms with Crippen molar-refractivity contribution in [1.29, 1.82) is 0 Å². The fourth-order valence-corrected chi connectivity index (χ4v) is 140. The molecule has 0 fully saturated rings. The minimum Gasteiger partial charge on any atom is -0.485 e. The second-order valence-corrected chi connectivity index (χ2v) is 63.2. The number of benzene rings is 3. The SMILES string of the molecule is C[Si](C)(C)[Si]([Si](C)(C)C)([Si](C)(C)C)[Si]12Oc3ccccc3N(c3ccccc3O1)c1ccccc1O2. The van der Waals surface area contributed by atoms with Crippen molar-refractivity contribution in [3.8, 4) is 17.2 Å². The average molecular weight is 566 g/mol. The average Bonchev–Trinajstić information content (AvgIpc) is 2.71. The van der Waals surface area contributed by atoms with Crippen molar-refractivity contribution in [2.75, 3.05) is 4.90 Å². The summed E-state index contributed by atoms with van der Waals surface area (Å²) in [7, 11) is -8.93. The van der Waals surface area contributed by atoms with Crippen LogP contribution in [0.3, 0.4) is 0 Å². The van der Waals surface area contributed by atoms with Gasteiger partial charge >= 0.3 is 8.32 Å². The minimum atomic E-state index is -3.37. The highest BCUT2D eigenvalue weighted by Gasteiger charge is 2.83. The van der Waals surface area contributed by atoms with Gasteiger partial charge in [0, 0.05) is 22.8 Å². The molecule has 4 nitrogen and oxygen atoms in total. The molecule has 0 unspecified atom stereocenters. The van der Waals surface area contributed by atoms with E-state index < -0.39 is 37.2 Å². The summed E-state index contributed by atoms with van der Waals surface area (Å²) >= 11 is 0. The maximum atomic E-state index is 7.47. The van der Waals surface area contributed by atoms with Crippen LogP contribution in [0.2, 0.25) is 58.9 Å². The van der Waals surface area contributed by atoms with E-state index in [9.17, 15) is 0 Å². The van der Waals surface area contributed by atoms with Gasteiger partial charge in [-0.2, -0.15) is 0 Å². The van der Waals surface area contributed by atoms with Crippen molar-refractivity contribution in [3.05, 3.63) is 72.8 Å². The third kappa shape index (κ3) is 3.47. The van der Waals surface area contributed by atoms with Crippen molar-refractivity contribution in [2.45, 2.75) is 58.9 Å². The van der Waals surface area contributed by atoms with Crippen LogP contribution in [0, 0.1) is 0 Å². The Labute approximate surface area is 220 Å². The van der Waals surface area contributed by atoms with E-state index in [1.165, 1.54) is 0 Å². The normalized spacial score (nSPS) is 16.8. The molecular weight excluding hydrogens is 527 g/mol. The number of rotatable bonds is 4. The van der Waals surface area contributed by atoms with E-state index in [1.54, 1.807) is 0 Å². The van der Waals surface area contributed by atoms with Gasteiger partial charge in [0.05, 0.1) is 17.1 Å². The molecule has 0 radical (unpaired) electrons. The standard InChI is InChI=1S/C27H39NO3Si5/c1-32(2,3)36(33(4,5)6,34(7,8)9)35-29-25-19-13-10-16-22(25)28(23-17-11-14-20-26(23)30-35)24-18-12-15-21-27(24)31-35/h10-21H,1-9H3. The van der Waals surface area contributed by atoms with Gasteiger partial charge in [-0.15, -0.1) is 0 Å². The first-order chi connectivity index (χ1) is 16.7. The zero-order valence-electron chi connectivity index (χ0n) is 23.1. The molecule has 0 aromatic heterocycles.